The van der Waals surface area contributed by atoms with Gasteiger partial charge in [-0.1, -0.05) is 37.4 Å². The first kappa shape index (κ1) is 19.3. The quantitative estimate of drug-likeness (QED) is 0.692. The molecule has 154 valence electrons. The maximum atomic E-state index is 5.88. The molecule has 0 spiro atoms. The van der Waals surface area contributed by atoms with Crippen molar-refractivity contribution in [1.82, 2.24) is 5.32 Å². The summed E-state index contributed by atoms with van der Waals surface area (Å²) >= 11 is 0. The summed E-state index contributed by atoms with van der Waals surface area (Å²) in [4.78, 5) is 5.13. The largest absolute Gasteiger partial charge is 0.442 e. The lowest BCUT2D eigenvalue weighted by Crippen LogP contribution is -2.43. The Kier molecular flexibility index (Phi) is 4.70. The minimum Gasteiger partial charge on any atom is -0.442 e. The van der Waals surface area contributed by atoms with Crippen molar-refractivity contribution in [1.29, 1.82) is 0 Å². The van der Waals surface area contributed by atoms with E-state index in [1.807, 2.05) is 18.2 Å². The summed E-state index contributed by atoms with van der Waals surface area (Å²) in [6, 6.07) is 14.6. The molecule has 0 aliphatic carbocycles. The summed E-state index contributed by atoms with van der Waals surface area (Å²) in [6.45, 7) is 17.4. The van der Waals surface area contributed by atoms with Crippen LogP contribution >= 0.6 is 0 Å². The number of pyridine rings is 1. The van der Waals surface area contributed by atoms with E-state index in [-0.39, 0.29) is 12.0 Å². The summed E-state index contributed by atoms with van der Waals surface area (Å²) in [6.07, 6.45) is 5.75. The number of nitrogens with one attached hydrogen (secondary N) is 1. The Morgan fingerprint density at radius 2 is 1.90 bits per heavy atom. The van der Waals surface area contributed by atoms with E-state index in [0.29, 0.717) is 18.2 Å². The number of allylic oxidation sites excluding steroid dienone is 2. The third kappa shape index (κ3) is 3.15. The summed E-state index contributed by atoms with van der Waals surface area (Å²) < 4.78 is 8.02. The van der Waals surface area contributed by atoms with Gasteiger partial charge in [0.25, 0.3) is 0 Å². The Bertz CT molecular complexity index is 1200. The molecule has 4 heteroatoms. The smallest absolute Gasteiger partial charge is 0.221 e. The lowest BCUT2D eigenvalue weighted by Gasteiger charge is -2.30. The van der Waals surface area contributed by atoms with Gasteiger partial charge in [0.05, 0.1) is 11.3 Å². The fraction of sp³-hybridized carbons (Fsp3) is 0.185. The molecule has 2 atom stereocenters. The fourth-order valence-corrected chi connectivity index (χ4v) is 4.95. The van der Waals surface area contributed by atoms with Crippen molar-refractivity contribution in [2.24, 2.45) is 4.99 Å². The molecular formula is C27H26N3O+. The van der Waals surface area contributed by atoms with Crippen molar-refractivity contribution in [3.63, 3.8) is 0 Å². The first-order chi connectivity index (χ1) is 15.1. The topological polar surface area (TPSA) is 37.5 Å². The van der Waals surface area contributed by atoms with Crippen LogP contribution in [0.25, 0.3) is 11.3 Å². The standard InChI is InChI=1S/C27H26N3O/c1-5-24-22-11-7-6-10-21(22)23-14-13-20-16-28-19(4)31-18(3)26(20)25-12-8-9-15-30(25)17(2)27(23)29-24/h5-12,15,23,27-28H,1-4,13-14,16H2/q+1. The van der Waals surface area contributed by atoms with Gasteiger partial charge in [-0.3, -0.25) is 4.99 Å². The van der Waals surface area contributed by atoms with Gasteiger partial charge in [-0.05, 0) is 49.3 Å². The van der Waals surface area contributed by atoms with Gasteiger partial charge in [-0.15, -0.1) is 0 Å². The third-order valence-electron chi connectivity index (χ3n) is 6.39. The SMILES string of the molecule is C=CC1=NC2C(=C)[n+]3ccccc3C3=C(CCC2c2ccccc21)CNC(=C)OC3=C. The predicted molar refractivity (Wildman–Crippen MR) is 125 cm³/mol. The Balaban J connectivity index is 1.73. The molecule has 3 aliphatic rings. The number of ether oxygens (including phenoxy) is 1. The van der Waals surface area contributed by atoms with Gasteiger partial charge >= 0.3 is 0 Å². The molecule has 4 heterocycles. The molecular weight excluding hydrogens is 382 g/mol. The molecule has 31 heavy (non-hydrogen) atoms. The normalized spacial score (nSPS) is 22.7. The monoisotopic (exact) mass is 408 g/mol. The summed E-state index contributed by atoms with van der Waals surface area (Å²) in [5, 5.41) is 3.28. The Morgan fingerprint density at radius 3 is 2.74 bits per heavy atom. The fourth-order valence-electron chi connectivity index (χ4n) is 4.95. The zero-order valence-electron chi connectivity index (χ0n) is 17.6. The third-order valence-corrected chi connectivity index (χ3v) is 6.39. The van der Waals surface area contributed by atoms with Gasteiger partial charge in [0.2, 0.25) is 11.4 Å². The molecule has 3 aliphatic heterocycles. The van der Waals surface area contributed by atoms with Crippen molar-refractivity contribution in [3.8, 4) is 0 Å². The second-order valence-electron chi connectivity index (χ2n) is 8.12. The van der Waals surface area contributed by atoms with Crippen LogP contribution in [-0.4, -0.2) is 18.3 Å². The molecule has 0 fully saturated rings. The van der Waals surface area contributed by atoms with E-state index in [2.05, 4.69) is 72.7 Å². The molecule has 0 amide bonds. The van der Waals surface area contributed by atoms with E-state index in [1.165, 1.54) is 16.7 Å². The summed E-state index contributed by atoms with van der Waals surface area (Å²) in [5.74, 6) is 1.36. The molecule has 0 radical (unpaired) electrons. The molecule has 0 saturated carbocycles. The van der Waals surface area contributed by atoms with E-state index in [9.17, 15) is 0 Å². The van der Waals surface area contributed by atoms with Crippen molar-refractivity contribution < 1.29 is 9.30 Å². The number of aliphatic imine (C=N–C) groups is 1. The molecule has 5 rings (SSSR count). The van der Waals surface area contributed by atoms with Crippen molar-refractivity contribution in [2.45, 2.75) is 24.8 Å². The summed E-state index contributed by atoms with van der Waals surface area (Å²) in [5.41, 5.74) is 7.63. The number of hydrogen-bond donors (Lipinski definition) is 1. The van der Waals surface area contributed by atoms with Crippen LogP contribution in [0.3, 0.4) is 0 Å². The van der Waals surface area contributed by atoms with Gasteiger partial charge < -0.3 is 10.1 Å². The highest BCUT2D eigenvalue weighted by molar-refractivity contribution is 6.10. The molecule has 0 saturated heterocycles. The van der Waals surface area contributed by atoms with Crippen molar-refractivity contribution in [2.75, 3.05) is 6.54 Å². The van der Waals surface area contributed by atoms with Gasteiger partial charge in [-0.2, -0.15) is 4.57 Å². The Labute approximate surface area is 183 Å². The number of aromatic nitrogens is 1. The van der Waals surface area contributed by atoms with Crippen LogP contribution in [0.5, 0.6) is 0 Å². The first-order valence-electron chi connectivity index (χ1n) is 10.6. The average molecular weight is 409 g/mol. The second-order valence-corrected chi connectivity index (χ2v) is 8.12. The van der Waals surface area contributed by atoms with E-state index >= 15 is 0 Å². The highest BCUT2D eigenvalue weighted by atomic mass is 16.5. The van der Waals surface area contributed by atoms with Gasteiger partial charge in [0.15, 0.2) is 12.1 Å². The minimum atomic E-state index is -0.0744. The predicted octanol–water partition coefficient (Wildman–Crippen LogP) is 4.74. The van der Waals surface area contributed by atoms with Gasteiger partial charge in [-0.25, -0.2) is 0 Å². The Hall–Kier alpha value is -3.66. The molecule has 2 unspecified atom stereocenters. The van der Waals surface area contributed by atoms with E-state index in [1.54, 1.807) is 0 Å². The molecule has 1 N–H and O–H groups in total. The zero-order valence-corrected chi connectivity index (χ0v) is 17.6. The summed E-state index contributed by atoms with van der Waals surface area (Å²) in [7, 11) is 0. The number of nitrogens with zero attached hydrogens (tertiary/aromatic N) is 2. The second kappa shape index (κ2) is 7.55. The van der Waals surface area contributed by atoms with Crippen LogP contribution in [-0.2, 0) is 4.74 Å². The first-order valence-corrected chi connectivity index (χ1v) is 10.6. The number of hydrogen-bond acceptors (Lipinski definition) is 3. The number of rotatable bonds is 1. The highest BCUT2D eigenvalue weighted by Crippen LogP contribution is 2.41. The lowest BCUT2D eigenvalue weighted by molar-refractivity contribution is -0.586. The minimum absolute atomic E-state index is 0.0744. The van der Waals surface area contributed by atoms with Gasteiger partial charge in [0, 0.05) is 30.2 Å². The van der Waals surface area contributed by atoms with Crippen LogP contribution < -0.4 is 9.88 Å². The average Bonchev–Trinajstić information content (AvgIpc) is 2.90. The van der Waals surface area contributed by atoms with E-state index in [0.717, 1.165) is 35.5 Å². The van der Waals surface area contributed by atoms with E-state index in [4.69, 9.17) is 9.73 Å². The molecule has 2 aromatic rings. The Morgan fingerprint density at radius 1 is 1.10 bits per heavy atom. The maximum Gasteiger partial charge on any atom is 0.221 e. The van der Waals surface area contributed by atoms with Crippen molar-refractivity contribution >= 4 is 17.0 Å². The van der Waals surface area contributed by atoms with Crippen LogP contribution in [0.4, 0.5) is 0 Å². The van der Waals surface area contributed by atoms with Gasteiger partial charge in [0.1, 0.15) is 11.8 Å². The molecule has 1 aromatic carbocycles. The number of benzene rings is 1. The maximum absolute atomic E-state index is 5.88. The lowest BCUT2D eigenvalue weighted by atomic mass is 9.79. The van der Waals surface area contributed by atoms with Crippen LogP contribution in [0, 0.1) is 0 Å². The zero-order chi connectivity index (χ0) is 21.5. The van der Waals surface area contributed by atoms with Crippen LogP contribution in [0.1, 0.15) is 35.6 Å². The number of fused-ring (bicyclic) bond motifs is 5. The molecule has 1 aromatic heterocycles. The molecule has 0 bridgehead atoms. The highest BCUT2D eigenvalue weighted by Gasteiger charge is 2.39. The van der Waals surface area contributed by atoms with Crippen LogP contribution in [0.15, 0.2) is 103 Å². The van der Waals surface area contributed by atoms with Crippen molar-refractivity contribution in [3.05, 3.63) is 115 Å². The molecule has 4 nitrogen and oxygen atoms in total. The van der Waals surface area contributed by atoms with Crippen LogP contribution in [0.2, 0.25) is 0 Å². The van der Waals surface area contributed by atoms with E-state index < -0.39 is 0 Å².